The fourth-order valence-corrected chi connectivity index (χ4v) is 7.00. The molecule has 3 N–H and O–H groups in total. The summed E-state index contributed by atoms with van der Waals surface area (Å²) in [6, 6.07) is 14.7. The normalized spacial score (nSPS) is 14.2. The molecular formula is C28H31Cl2N5O7S2. The first-order valence-corrected chi connectivity index (χ1v) is 17.3. The highest BCUT2D eigenvalue weighted by Crippen LogP contribution is 2.28. The number of hydrogen-bond donors (Lipinski definition) is 3. The minimum absolute atomic E-state index is 0.00688. The smallest absolute Gasteiger partial charge is 0.257 e. The van der Waals surface area contributed by atoms with Gasteiger partial charge in [-0.1, -0.05) is 23.2 Å². The summed E-state index contributed by atoms with van der Waals surface area (Å²) in [5, 5.41) is 15.1. The molecular weight excluding hydrogens is 653 g/mol. The molecule has 2 amide bonds. The highest BCUT2D eigenvalue weighted by atomic mass is 35.5. The van der Waals surface area contributed by atoms with E-state index in [0.29, 0.717) is 23.1 Å². The summed E-state index contributed by atoms with van der Waals surface area (Å²) in [7, 11) is -6.31. The van der Waals surface area contributed by atoms with Gasteiger partial charge in [-0.3, -0.25) is 13.9 Å². The molecule has 0 aliphatic carbocycles. The van der Waals surface area contributed by atoms with Crippen molar-refractivity contribution in [3.05, 3.63) is 81.8 Å². The molecule has 0 atom stereocenters. The van der Waals surface area contributed by atoms with Crippen LogP contribution in [0.5, 0.6) is 0 Å². The first kappa shape index (κ1) is 33.5. The molecule has 1 aliphatic heterocycles. The predicted molar refractivity (Wildman–Crippen MR) is 171 cm³/mol. The summed E-state index contributed by atoms with van der Waals surface area (Å²) in [5.41, 5.74) is 1.06. The van der Waals surface area contributed by atoms with Crippen LogP contribution < -0.4 is 19.8 Å². The number of carbonyl (C=O) groups is 2. The summed E-state index contributed by atoms with van der Waals surface area (Å²) in [6.45, 7) is 1.06. The third kappa shape index (κ3) is 7.81. The molecule has 44 heavy (non-hydrogen) atoms. The summed E-state index contributed by atoms with van der Waals surface area (Å²) < 4.78 is 53.4. The van der Waals surface area contributed by atoms with Gasteiger partial charge in [0.15, 0.2) is 0 Å². The van der Waals surface area contributed by atoms with Gasteiger partial charge in [-0.15, -0.1) is 0 Å². The van der Waals surface area contributed by atoms with Crippen LogP contribution in [-0.2, 0) is 20.0 Å². The Morgan fingerprint density at radius 3 is 2.07 bits per heavy atom. The second kappa shape index (κ2) is 13.7. The van der Waals surface area contributed by atoms with Crippen LogP contribution in [0.15, 0.2) is 65.6 Å². The number of nitrogens with one attached hydrogen (secondary N) is 2. The Bertz CT molecular complexity index is 1740. The summed E-state index contributed by atoms with van der Waals surface area (Å²) >= 11 is 12.2. The van der Waals surface area contributed by atoms with Crippen LogP contribution in [0.3, 0.4) is 0 Å². The van der Waals surface area contributed by atoms with Crippen molar-refractivity contribution < 1.29 is 31.5 Å². The molecule has 3 aromatic carbocycles. The molecule has 1 heterocycles. The lowest BCUT2D eigenvalue weighted by Gasteiger charge is -2.35. The topological polar surface area (TPSA) is 156 Å². The standard InChI is InChI=1S/C28H31Cl2N5O7S2/c1-33(43(2,39)40)26-8-3-19(27(37)31-9-14-36)15-25(26)28(38)32-22-4-6-24(7-5-22)44(41,42)35-12-10-34(11-13-35)23-17-20(29)16-21(30)18-23/h3-8,15-18,36H,9-14H2,1-2H3,(H,31,37)(H,32,38). The molecule has 12 nitrogen and oxygen atoms in total. The third-order valence-electron chi connectivity index (χ3n) is 6.94. The highest BCUT2D eigenvalue weighted by molar-refractivity contribution is 7.92. The van der Waals surface area contributed by atoms with Gasteiger partial charge < -0.3 is 20.6 Å². The Morgan fingerprint density at radius 1 is 0.886 bits per heavy atom. The largest absolute Gasteiger partial charge is 0.395 e. The number of anilines is 3. The van der Waals surface area contributed by atoms with Gasteiger partial charge in [-0.05, 0) is 60.7 Å². The van der Waals surface area contributed by atoms with Crippen molar-refractivity contribution in [3.8, 4) is 0 Å². The molecule has 4 rings (SSSR count). The molecule has 3 aromatic rings. The van der Waals surface area contributed by atoms with Gasteiger partial charge in [-0.2, -0.15) is 4.31 Å². The van der Waals surface area contributed by atoms with Gasteiger partial charge in [0.2, 0.25) is 20.0 Å². The van der Waals surface area contributed by atoms with Crippen molar-refractivity contribution >= 4 is 72.1 Å². The van der Waals surface area contributed by atoms with E-state index >= 15 is 0 Å². The number of carbonyl (C=O) groups excluding carboxylic acids is 2. The van der Waals surface area contributed by atoms with Gasteiger partial charge in [0.1, 0.15) is 0 Å². The van der Waals surface area contributed by atoms with Crippen LogP contribution in [0.1, 0.15) is 20.7 Å². The lowest BCUT2D eigenvalue weighted by Crippen LogP contribution is -2.48. The van der Waals surface area contributed by atoms with Crippen molar-refractivity contribution in [1.82, 2.24) is 9.62 Å². The minimum Gasteiger partial charge on any atom is -0.395 e. The molecule has 0 aromatic heterocycles. The van der Waals surface area contributed by atoms with Crippen LogP contribution in [0.25, 0.3) is 0 Å². The molecule has 0 radical (unpaired) electrons. The van der Waals surface area contributed by atoms with Crippen LogP contribution in [-0.4, -0.2) is 90.7 Å². The molecule has 0 bridgehead atoms. The zero-order chi connectivity index (χ0) is 32.2. The number of sulfonamides is 2. The van der Waals surface area contributed by atoms with Crippen LogP contribution >= 0.6 is 23.2 Å². The lowest BCUT2D eigenvalue weighted by atomic mass is 10.1. The number of benzene rings is 3. The van der Waals surface area contributed by atoms with Gasteiger partial charge in [0.25, 0.3) is 11.8 Å². The Hall–Kier alpha value is -3.40. The van der Waals surface area contributed by atoms with Crippen molar-refractivity contribution in [2.75, 3.05) is 67.2 Å². The van der Waals surface area contributed by atoms with E-state index in [-0.39, 0.29) is 53.6 Å². The maximum Gasteiger partial charge on any atom is 0.257 e. The Labute approximate surface area is 266 Å². The van der Waals surface area contributed by atoms with Gasteiger partial charge in [0.05, 0.1) is 29.0 Å². The maximum atomic E-state index is 13.3. The van der Waals surface area contributed by atoms with Gasteiger partial charge >= 0.3 is 0 Å². The molecule has 1 saturated heterocycles. The highest BCUT2D eigenvalue weighted by Gasteiger charge is 2.29. The second-order valence-corrected chi connectivity index (χ2v) is 14.8. The molecule has 0 spiro atoms. The Morgan fingerprint density at radius 2 is 1.50 bits per heavy atom. The van der Waals surface area contributed by atoms with E-state index in [0.717, 1.165) is 16.2 Å². The van der Waals surface area contributed by atoms with Crippen molar-refractivity contribution in [3.63, 3.8) is 0 Å². The predicted octanol–water partition coefficient (Wildman–Crippen LogP) is 2.87. The average Bonchev–Trinajstić information content (AvgIpc) is 2.98. The van der Waals surface area contributed by atoms with Crippen molar-refractivity contribution in [2.45, 2.75) is 4.90 Å². The van der Waals surface area contributed by atoms with Crippen molar-refractivity contribution in [1.29, 1.82) is 0 Å². The minimum atomic E-state index is -3.83. The van der Waals surface area contributed by atoms with Gasteiger partial charge in [0, 0.05) is 66.8 Å². The number of aliphatic hydroxyl groups is 1. The summed E-state index contributed by atoms with van der Waals surface area (Å²) in [4.78, 5) is 27.8. The third-order valence-corrected chi connectivity index (χ3v) is 10.5. The average molecular weight is 685 g/mol. The number of halogens is 2. The molecule has 1 fully saturated rings. The fraction of sp³-hybridized carbons (Fsp3) is 0.286. The van der Waals surface area contributed by atoms with E-state index in [9.17, 15) is 26.4 Å². The zero-order valence-corrected chi connectivity index (χ0v) is 27.0. The molecule has 1 aliphatic rings. The number of piperazine rings is 1. The Balaban J connectivity index is 1.50. The number of amides is 2. The second-order valence-electron chi connectivity index (χ2n) is 9.94. The summed E-state index contributed by atoms with van der Waals surface area (Å²) in [6.07, 6.45) is 0.975. The fourth-order valence-electron chi connectivity index (χ4n) is 4.55. The zero-order valence-electron chi connectivity index (χ0n) is 23.8. The lowest BCUT2D eigenvalue weighted by molar-refractivity contribution is 0.0944. The Kier molecular flexibility index (Phi) is 10.4. The molecule has 0 unspecified atom stereocenters. The summed E-state index contributed by atoms with van der Waals surface area (Å²) in [5.74, 6) is -1.28. The first-order chi connectivity index (χ1) is 20.7. The van der Waals surface area contributed by atoms with Crippen LogP contribution in [0, 0.1) is 0 Å². The quantitative estimate of drug-likeness (QED) is 0.295. The van der Waals surface area contributed by atoms with E-state index in [4.69, 9.17) is 28.3 Å². The van der Waals surface area contributed by atoms with Crippen molar-refractivity contribution in [2.24, 2.45) is 0 Å². The van der Waals surface area contributed by atoms with E-state index in [1.807, 2.05) is 4.90 Å². The molecule has 0 saturated carbocycles. The van der Waals surface area contributed by atoms with Crippen LogP contribution in [0.2, 0.25) is 10.0 Å². The van der Waals surface area contributed by atoms with E-state index in [1.54, 1.807) is 18.2 Å². The number of nitrogens with zero attached hydrogens (tertiary/aromatic N) is 3. The van der Waals surface area contributed by atoms with E-state index < -0.39 is 31.9 Å². The van der Waals surface area contributed by atoms with Crippen LogP contribution in [0.4, 0.5) is 17.1 Å². The monoisotopic (exact) mass is 683 g/mol. The van der Waals surface area contributed by atoms with Gasteiger partial charge in [-0.25, -0.2) is 16.8 Å². The maximum absolute atomic E-state index is 13.3. The number of rotatable bonds is 10. The SMILES string of the molecule is CN(c1ccc(C(=O)NCCO)cc1C(=O)Nc1ccc(S(=O)(=O)N2CCN(c3cc(Cl)cc(Cl)c3)CC2)cc1)S(C)(=O)=O. The number of hydrogen-bond acceptors (Lipinski definition) is 8. The van der Waals surface area contributed by atoms with E-state index in [2.05, 4.69) is 10.6 Å². The number of aliphatic hydroxyl groups excluding tert-OH is 1. The van der Waals surface area contributed by atoms with E-state index in [1.165, 1.54) is 53.8 Å². The first-order valence-electron chi connectivity index (χ1n) is 13.3. The molecule has 236 valence electrons. The molecule has 16 heteroatoms.